The third-order valence-electron chi connectivity index (χ3n) is 7.83. The van der Waals surface area contributed by atoms with E-state index in [-0.39, 0.29) is 48.9 Å². The van der Waals surface area contributed by atoms with Crippen LogP contribution >= 0.6 is 136 Å². The lowest BCUT2D eigenvalue weighted by Crippen LogP contribution is -2.48. The fourth-order valence-electron chi connectivity index (χ4n) is 4.56. The average Bonchev–Trinajstić information content (AvgIpc) is 3.18. The third kappa shape index (κ3) is 20.2. The molecule has 16 N–H and O–H groups in total. The second-order valence-corrected chi connectivity index (χ2v) is 19.2. The molecule has 2 aromatic rings. The minimum Gasteiger partial charge on any atom is -0.478 e. The first-order valence-electron chi connectivity index (χ1n) is 17.3. The zero-order valence-corrected chi connectivity index (χ0v) is 44.6. The van der Waals surface area contributed by atoms with Gasteiger partial charge < -0.3 is 82.5 Å². The molecule has 0 aromatic heterocycles. The number of anilines is 2. The second-order valence-electron chi connectivity index (χ2n) is 12.4. The van der Waals surface area contributed by atoms with Gasteiger partial charge in [0.05, 0.1) is 55.1 Å². The number of aliphatic hydroxyl groups is 10. The van der Waals surface area contributed by atoms with Gasteiger partial charge in [-0.2, -0.15) is 0 Å². The van der Waals surface area contributed by atoms with E-state index in [1.54, 1.807) is 26.2 Å². The van der Waals surface area contributed by atoms with Crippen LogP contribution in [0.3, 0.4) is 0 Å². The quantitative estimate of drug-likeness (QED) is 0.0583. The summed E-state index contributed by atoms with van der Waals surface area (Å²) in [5.41, 5.74) is 1.25. The summed E-state index contributed by atoms with van der Waals surface area (Å²) in [6, 6.07) is 3.41. The van der Waals surface area contributed by atoms with E-state index in [4.69, 9.17) is 40.9 Å². The number of aromatic carboxylic acids is 2. The highest BCUT2D eigenvalue weighted by Crippen LogP contribution is 2.33. The van der Waals surface area contributed by atoms with E-state index in [9.17, 15) is 39.6 Å². The third-order valence-corrected chi connectivity index (χ3v) is 13.4. The Balaban J connectivity index is 0.00000110. The van der Waals surface area contributed by atoms with Gasteiger partial charge in [0.1, 0.15) is 36.6 Å². The topological polar surface area (TPSA) is 359 Å². The molecular weight excluding hydrogens is 1480 g/mol. The number of unbranched alkanes of at least 4 members (excludes halogenated alkanes) is 1. The summed E-state index contributed by atoms with van der Waals surface area (Å²) >= 11 is 11.9. The van der Waals surface area contributed by atoms with Gasteiger partial charge in [-0.05, 0) is 175 Å². The molecule has 0 fully saturated rings. The molecule has 2 aromatic carbocycles. The SMILES string of the molecule is CNC[C@@H](O)[C@H](O)[C@@H](O)[C@@H](O)CO.CNC[C@@H](O)[C@H](O)[C@@H](O)[C@@H](O)CO.O=C(CCCCC(=O)Nc1c(I)cc(I)c(C(=O)O)c1I)Nc1c(I)cc(I)c(C(=O)O)c1I. The van der Waals surface area contributed by atoms with E-state index < -0.39 is 74.0 Å². The van der Waals surface area contributed by atoms with E-state index >= 15 is 0 Å². The fraction of sp³-hybridized carbons (Fsp3) is 0.529. The zero-order chi connectivity index (χ0) is 46.6. The highest BCUT2D eigenvalue weighted by molar-refractivity contribution is 14.1. The number of carbonyl (C=O) groups excluding carboxylic acids is 2. The van der Waals surface area contributed by atoms with Crippen molar-refractivity contribution in [3.05, 3.63) is 44.7 Å². The van der Waals surface area contributed by atoms with Gasteiger partial charge in [-0.15, -0.1) is 0 Å². The number of hydrogen-bond donors (Lipinski definition) is 16. The predicted octanol–water partition coefficient (Wildman–Crippen LogP) is 0.132. The maximum Gasteiger partial charge on any atom is 0.337 e. The van der Waals surface area contributed by atoms with Gasteiger partial charge in [0.25, 0.3) is 0 Å². The van der Waals surface area contributed by atoms with Crippen LogP contribution in [0.15, 0.2) is 12.1 Å². The maximum absolute atomic E-state index is 12.4. The first kappa shape index (κ1) is 60.2. The number of carbonyl (C=O) groups is 4. The lowest BCUT2D eigenvalue weighted by Gasteiger charge is -2.25. The molecule has 0 saturated carbocycles. The molecule has 0 aliphatic heterocycles. The smallest absolute Gasteiger partial charge is 0.337 e. The normalized spacial score (nSPS) is 15.0. The van der Waals surface area contributed by atoms with Crippen LogP contribution in [0, 0.1) is 21.4 Å². The van der Waals surface area contributed by atoms with Crippen molar-refractivity contribution >= 4 is 171 Å². The summed E-state index contributed by atoms with van der Waals surface area (Å²) in [5.74, 6) is -2.64. The predicted molar refractivity (Wildman–Crippen MR) is 269 cm³/mol. The largest absolute Gasteiger partial charge is 0.478 e. The van der Waals surface area contributed by atoms with Crippen LogP contribution in [0.5, 0.6) is 0 Å². The monoisotopic (exact) mass is 1530 g/mol. The Hall–Kier alpha value is 0.220. The van der Waals surface area contributed by atoms with E-state index in [0.29, 0.717) is 38.5 Å². The molecular formula is C34H48I6N4O16. The number of aliphatic hydroxyl groups excluding tert-OH is 10. The van der Waals surface area contributed by atoms with Crippen LogP contribution in [-0.2, 0) is 9.59 Å². The van der Waals surface area contributed by atoms with Crippen molar-refractivity contribution in [1.82, 2.24) is 10.6 Å². The highest BCUT2D eigenvalue weighted by Gasteiger charge is 2.30. The molecule has 2 amide bonds. The summed E-state index contributed by atoms with van der Waals surface area (Å²) < 4.78 is 3.61. The lowest BCUT2D eigenvalue weighted by molar-refractivity contribution is -0.118. The lowest BCUT2D eigenvalue weighted by atomic mass is 10.0. The molecule has 0 saturated heterocycles. The summed E-state index contributed by atoms with van der Waals surface area (Å²) in [5, 5.41) is 119. The number of amides is 2. The van der Waals surface area contributed by atoms with E-state index in [0.717, 1.165) is 7.14 Å². The molecule has 0 radical (unpaired) electrons. The number of likely N-dealkylation sites (N-methyl/N-ethyl adjacent to an activating group) is 2. The van der Waals surface area contributed by atoms with E-state index in [1.165, 1.54) is 0 Å². The van der Waals surface area contributed by atoms with Gasteiger partial charge in [0.15, 0.2) is 0 Å². The van der Waals surface area contributed by atoms with Crippen molar-refractivity contribution in [2.24, 2.45) is 0 Å². The first-order valence-corrected chi connectivity index (χ1v) is 23.8. The standard InChI is InChI=1S/C20H14I6N2O6.2C7H17NO5/c21-7-5-9(23)17(15(25)13(7)19(31)32)27-11(29)3-1-2-4-12(30)28-18-10(24)6-8(22)14(16(18)26)20(33)34;2*1-8-2-4(10)6(12)7(13)5(11)3-9/h5-6H,1-4H2,(H,27,29)(H,28,30)(H,31,32)(H,33,34);2*4-13H,2-3H2,1H3/t;2*4-,5+,6+,7+/m.11/s1. The van der Waals surface area contributed by atoms with Gasteiger partial charge in [-0.1, -0.05) is 0 Å². The van der Waals surface area contributed by atoms with Crippen LogP contribution in [0.2, 0.25) is 0 Å². The summed E-state index contributed by atoms with van der Waals surface area (Å²) in [6.45, 7) is -1.14. The van der Waals surface area contributed by atoms with Crippen molar-refractivity contribution < 1.29 is 80.5 Å². The molecule has 60 heavy (non-hydrogen) atoms. The molecule has 2 rings (SSSR count). The van der Waals surface area contributed by atoms with Crippen LogP contribution in [0.1, 0.15) is 46.4 Å². The molecule has 26 heteroatoms. The molecule has 0 unspecified atom stereocenters. The van der Waals surface area contributed by atoms with E-state index in [1.807, 2.05) is 90.4 Å². The number of rotatable bonds is 21. The summed E-state index contributed by atoms with van der Waals surface area (Å²) in [6.07, 6.45) is -10.0. The van der Waals surface area contributed by atoms with Crippen LogP contribution in [0.25, 0.3) is 0 Å². The molecule has 0 aliphatic carbocycles. The number of benzene rings is 2. The van der Waals surface area contributed by atoms with Crippen molar-refractivity contribution in [3.8, 4) is 0 Å². The molecule has 342 valence electrons. The molecule has 0 aliphatic rings. The van der Waals surface area contributed by atoms with Gasteiger partial charge in [-0.25, -0.2) is 9.59 Å². The molecule has 0 heterocycles. The number of carboxylic acids is 2. The maximum atomic E-state index is 12.4. The Morgan fingerprint density at radius 3 is 1.05 bits per heavy atom. The van der Waals surface area contributed by atoms with Crippen LogP contribution in [0.4, 0.5) is 11.4 Å². The second kappa shape index (κ2) is 31.2. The average molecular weight is 1530 g/mol. The first-order chi connectivity index (χ1) is 27.9. The van der Waals surface area contributed by atoms with Crippen molar-refractivity contribution in [3.63, 3.8) is 0 Å². The van der Waals surface area contributed by atoms with Gasteiger partial charge >= 0.3 is 11.9 Å². The Kier molecular flexibility index (Phi) is 31.3. The highest BCUT2D eigenvalue weighted by atomic mass is 127. The van der Waals surface area contributed by atoms with Gasteiger partial charge in [-0.3, -0.25) is 9.59 Å². The molecule has 20 nitrogen and oxygen atoms in total. The van der Waals surface area contributed by atoms with Crippen LogP contribution in [-0.4, -0.2) is 174 Å². The summed E-state index contributed by atoms with van der Waals surface area (Å²) in [7, 11) is 3.15. The fourth-order valence-corrected chi connectivity index (χ4v) is 12.8. The molecule has 8 atom stereocenters. The van der Waals surface area contributed by atoms with E-state index in [2.05, 4.69) is 66.4 Å². The van der Waals surface area contributed by atoms with Crippen molar-refractivity contribution in [2.45, 2.75) is 74.5 Å². The Morgan fingerprint density at radius 2 is 0.800 bits per heavy atom. The van der Waals surface area contributed by atoms with Crippen LogP contribution < -0.4 is 21.3 Å². The Labute approximate surface area is 426 Å². The minimum atomic E-state index is -1.55. The number of halogens is 6. The number of hydrogen-bond acceptors (Lipinski definition) is 16. The zero-order valence-electron chi connectivity index (χ0n) is 31.7. The number of carboxylic acid groups (broad SMARTS) is 2. The summed E-state index contributed by atoms with van der Waals surface area (Å²) in [4.78, 5) is 47.9. The molecule has 0 spiro atoms. The molecule has 0 bridgehead atoms. The van der Waals surface area contributed by atoms with Gasteiger partial charge in [0, 0.05) is 40.2 Å². The van der Waals surface area contributed by atoms with Gasteiger partial charge in [0.2, 0.25) is 11.8 Å². The Morgan fingerprint density at radius 1 is 0.517 bits per heavy atom. The Bertz CT molecular complexity index is 1600. The van der Waals surface area contributed by atoms with Crippen molar-refractivity contribution in [1.29, 1.82) is 0 Å². The minimum absolute atomic E-state index is 0.0936. The number of nitrogens with one attached hydrogen (secondary N) is 4. The van der Waals surface area contributed by atoms with Crippen molar-refractivity contribution in [2.75, 3.05) is 51.0 Å².